The van der Waals surface area contributed by atoms with Crippen LogP contribution in [0.4, 0.5) is 43.9 Å². The van der Waals surface area contributed by atoms with Gasteiger partial charge < -0.3 is 14.6 Å². The highest BCUT2D eigenvalue weighted by Gasteiger charge is 2.68. The summed E-state index contributed by atoms with van der Waals surface area (Å²) < 4.78 is 237. The number of halogens is 11. The predicted octanol–water partition coefficient (Wildman–Crippen LogP) is 13.3. The summed E-state index contributed by atoms with van der Waals surface area (Å²) >= 11 is 3.54. The summed E-state index contributed by atoms with van der Waals surface area (Å²) in [4.78, 5) is 47.4. The predicted molar refractivity (Wildman–Crippen MR) is 328 cm³/mol. The number of phosphoric ester groups is 1. The fraction of sp³-hybridized carbons (Fsp3) is 0.484. The number of phosphoric acid groups is 1. The van der Waals surface area contributed by atoms with Gasteiger partial charge in [-0.2, -0.15) is 45.3 Å². The highest BCUT2D eigenvalue weighted by molar-refractivity contribution is 7.92. The van der Waals surface area contributed by atoms with Gasteiger partial charge in [-0.05, 0) is 135 Å². The molecule has 2 N–H and O–H groups in total. The number of nitrogens with zero attached hydrogens (tertiary/aromatic N) is 6. The molecule has 8 rings (SSSR count). The lowest BCUT2D eigenvalue weighted by atomic mass is 9.77. The van der Waals surface area contributed by atoms with Crippen molar-refractivity contribution in [3.8, 4) is 28.7 Å². The molecule has 3 aromatic heterocycles. The molecular formula is C62H67ClF10N7O12PS2. The number of esters is 1. The number of hydrogen-bond acceptors (Lipinski definition) is 14. The van der Waals surface area contributed by atoms with Gasteiger partial charge in [-0.1, -0.05) is 49.6 Å². The zero-order valence-electron chi connectivity index (χ0n) is 53.2. The van der Waals surface area contributed by atoms with Gasteiger partial charge in [0.1, 0.15) is 52.2 Å². The molecule has 0 saturated heterocycles. The number of carbonyl (C=O) groups excluding carboxylic acids is 3. The first-order valence-electron chi connectivity index (χ1n) is 29.3. The topological polar surface area (TPSA) is 240 Å². The monoisotopic (exact) mass is 1420 g/mol. The first-order valence-corrected chi connectivity index (χ1v) is 34.1. The lowest BCUT2D eigenvalue weighted by Gasteiger charge is -2.32. The number of nitrogens with one attached hydrogen (secondary N) is 1. The van der Waals surface area contributed by atoms with Crippen LogP contribution in [0, 0.1) is 29.4 Å². The highest BCUT2D eigenvalue weighted by atomic mass is 35.5. The van der Waals surface area contributed by atoms with Gasteiger partial charge in [-0.3, -0.25) is 37.3 Å². The van der Waals surface area contributed by atoms with E-state index in [4.69, 9.17) is 29.9 Å². The minimum absolute atomic E-state index is 0.0475. The van der Waals surface area contributed by atoms with Gasteiger partial charge >= 0.3 is 26.1 Å². The third-order valence-corrected chi connectivity index (χ3v) is 19.9. The van der Waals surface area contributed by atoms with Crippen LogP contribution in [0.15, 0.2) is 60.7 Å². The van der Waals surface area contributed by atoms with E-state index in [9.17, 15) is 62.5 Å². The van der Waals surface area contributed by atoms with Gasteiger partial charge in [0, 0.05) is 57.7 Å². The number of ether oxygens (including phenoxy) is 1. The molecule has 3 aromatic carbocycles. The van der Waals surface area contributed by atoms with Crippen molar-refractivity contribution in [1.29, 1.82) is 0 Å². The number of fused-ring (bicyclic) bond motifs is 4. The van der Waals surface area contributed by atoms with Crippen molar-refractivity contribution in [1.82, 2.24) is 34.2 Å². The Labute approximate surface area is 547 Å². The van der Waals surface area contributed by atoms with Crippen molar-refractivity contribution in [2.24, 2.45) is 5.92 Å². The van der Waals surface area contributed by atoms with Gasteiger partial charge in [0.2, 0.25) is 11.8 Å². The van der Waals surface area contributed by atoms with E-state index in [1.54, 1.807) is 48.5 Å². The SMILES string of the molecule is CC(C)OP(=O)(Oc1cccc(CC(=O)OC(C)(C)C)c1C(C)(C)CC(=O)N(Cc1nn(CC(F)(F)F)c2c(-c3ccc(C#CC(C)(C)S(C)(=O)=O)nc3[C@H](Cc3cc(F)cc(F)c3)NC(=O)Cn3nc(C(F)(F)F)c4c3C(F)(F)[C@@H]3C[C@H]43)ccc(Cl)c12)S(=O)O)OC(C)C. The molecule has 33 heteroatoms. The van der Waals surface area contributed by atoms with Gasteiger partial charge in [0.25, 0.3) is 17.2 Å². The second kappa shape index (κ2) is 26.8. The first kappa shape index (κ1) is 73.9. The van der Waals surface area contributed by atoms with Crippen LogP contribution in [-0.2, 0) is 104 Å². The minimum Gasteiger partial charge on any atom is -0.460 e. The Balaban J connectivity index is 1.28. The van der Waals surface area contributed by atoms with Crippen LogP contribution in [0.3, 0.4) is 0 Å². The number of alkyl halides is 8. The van der Waals surface area contributed by atoms with E-state index in [2.05, 4.69) is 32.3 Å². The fourth-order valence-corrected chi connectivity index (χ4v) is 13.7. The first-order chi connectivity index (χ1) is 43.6. The Morgan fingerprint density at radius 2 is 1.53 bits per heavy atom. The summed E-state index contributed by atoms with van der Waals surface area (Å²) in [5.74, 6) is -7.24. The third kappa shape index (κ3) is 17.1. The molecule has 1 fully saturated rings. The van der Waals surface area contributed by atoms with Gasteiger partial charge in [0.15, 0.2) is 15.5 Å². The standard InChI is InChI=1S/C62H67ClF10N7O12PS2/c1-32(2)90-93(84,91-33(3)4)92-46-15-13-14-35(25-49(83)89-57(5,6)7)52(46)58(8,9)28-48(82)80(94(85)86)29-45-51-43(63)19-18-40(54(51)79(76-45)31-60(66,67)68)39-17-16-38(20-21-59(10,11)95(12,87)88)74-53(39)44(24-34-22-36(64)26-37(65)23-34)75-47(81)30-78-56-50(55(77-78)62(71,72)73)41-27-42(41)61(56,69)70/h13-19,22-23,26,32-33,41-42,44H,24-25,27-31H2,1-12H3,(H,75,81)(H,85,86)/t41-,42+,44-/m0/s1. The molecule has 4 atom stereocenters. The largest absolute Gasteiger partial charge is 0.530 e. The zero-order chi connectivity index (χ0) is 70.8. The van der Waals surface area contributed by atoms with E-state index in [-0.39, 0.29) is 55.4 Å². The zero-order valence-corrected chi connectivity index (χ0v) is 56.4. The lowest BCUT2D eigenvalue weighted by molar-refractivity contribution is -0.154. The Morgan fingerprint density at radius 1 is 0.905 bits per heavy atom. The number of aromatic nitrogens is 5. The number of amides is 2. The average molecular weight is 1420 g/mol. The molecule has 516 valence electrons. The normalized spacial score (nSPS) is 16.5. The summed E-state index contributed by atoms with van der Waals surface area (Å²) in [7, 11) is -8.49. The van der Waals surface area contributed by atoms with Gasteiger partial charge in [-0.25, -0.2) is 35.3 Å². The number of carbonyl (C=O) groups is 3. The number of hydrogen-bond donors (Lipinski definition) is 2. The Morgan fingerprint density at radius 3 is 2.09 bits per heavy atom. The van der Waals surface area contributed by atoms with Crippen LogP contribution in [0.1, 0.15) is 152 Å². The van der Waals surface area contributed by atoms with Crippen LogP contribution in [0.25, 0.3) is 22.0 Å². The molecule has 2 amide bonds. The molecule has 0 spiro atoms. The molecule has 2 aliphatic carbocycles. The Hall–Kier alpha value is -6.94. The molecule has 0 aliphatic heterocycles. The molecule has 1 unspecified atom stereocenters. The lowest BCUT2D eigenvalue weighted by Crippen LogP contribution is -2.37. The smallest absolute Gasteiger partial charge is 0.460 e. The van der Waals surface area contributed by atoms with E-state index in [1.807, 2.05) is 0 Å². The molecule has 2 aliphatic rings. The quantitative estimate of drug-likeness (QED) is 0.0199. The second-order valence-electron chi connectivity index (χ2n) is 25.8. The fourth-order valence-electron chi connectivity index (χ4n) is 11.2. The highest BCUT2D eigenvalue weighted by Crippen LogP contribution is 2.68. The molecule has 1 saturated carbocycles. The Kier molecular flexibility index (Phi) is 20.9. The molecule has 0 bridgehead atoms. The van der Waals surface area contributed by atoms with Crippen molar-refractivity contribution >= 4 is 69.2 Å². The Bertz CT molecular complexity index is 4240. The van der Waals surface area contributed by atoms with Crippen molar-refractivity contribution in [3.05, 3.63) is 128 Å². The maximum atomic E-state index is 15.8. The summed E-state index contributed by atoms with van der Waals surface area (Å²) in [5, 5.41) is 9.33. The van der Waals surface area contributed by atoms with E-state index in [0.29, 0.717) is 15.1 Å². The molecule has 19 nitrogen and oxygen atoms in total. The molecule has 6 aromatic rings. The van der Waals surface area contributed by atoms with Gasteiger partial charge in [0.05, 0.1) is 53.1 Å². The summed E-state index contributed by atoms with van der Waals surface area (Å²) in [5.41, 5.74) is -8.69. The van der Waals surface area contributed by atoms with E-state index >= 15 is 17.6 Å². The molecule has 0 radical (unpaired) electrons. The van der Waals surface area contributed by atoms with Crippen LogP contribution < -0.4 is 9.84 Å². The summed E-state index contributed by atoms with van der Waals surface area (Å²) in [6, 6.07) is 9.24. The van der Waals surface area contributed by atoms with E-state index < -0.39 is 201 Å². The van der Waals surface area contributed by atoms with Crippen LogP contribution in [0.2, 0.25) is 5.02 Å². The van der Waals surface area contributed by atoms with Crippen LogP contribution in [-0.4, -0.2) is 98.8 Å². The van der Waals surface area contributed by atoms with Gasteiger partial charge in [-0.15, -0.1) is 0 Å². The number of pyridine rings is 1. The maximum Gasteiger partial charge on any atom is 0.530 e. The summed E-state index contributed by atoms with van der Waals surface area (Å²) in [6.45, 7) is 12.2. The number of rotatable bonds is 23. The third-order valence-electron chi connectivity index (χ3n) is 15.2. The number of sulfone groups is 1. The van der Waals surface area contributed by atoms with Crippen LogP contribution >= 0.6 is 19.4 Å². The molecular weight excluding hydrogens is 1360 g/mol. The second-order valence-corrected chi connectivity index (χ2v) is 31.1. The summed E-state index contributed by atoms with van der Waals surface area (Å²) in [6.07, 6.45) is -13.2. The van der Waals surface area contributed by atoms with Crippen molar-refractivity contribution in [2.75, 3.05) is 6.26 Å². The number of benzene rings is 3. The molecule has 95 heavy (non-hydrogen) atoms. The van der Waals surface area contributed by atoms with Crippen molar-refractivity contribution < 1.29 is 98.3 Å². The maximum absolute atomic E-state index is 15.8. The van der Waals surface area contributed by atoms with E-state index in [0.717, 1.165) is 30.5 Å². The van der Waals surface area contributed by atoms with Crippen molar-refractivity contribution in [3.63, 3.8) is 0 Å². The molecule has 3 heterocycles. The minimum atomic E-state index is -5.25. The van der Waals surface area contributed by atoms with E-state index in [1.165, 1.54) is 58.0 Å². The average Bonchev–Trinajstić information content (AvgIpc) is 1.52. The van der Waals surface area contributed by atoms with Crippen LogP contribution in [0.5, 0.6) is 5.75 Å². The van der Waals surface area contributed by atoms with Crippen molar-refractivity contribution in [2.45, 2.75) is 180 Å².